The van der Waals surface area contributed by atoms with Crippen molar-refractivity contribution in [3.05, 3.63) is 11.6 Å². The lowest BCUT2D eigenvalue weighted by molar-refractivity contribution is 0.223. The van der Waals surface area contributed by atoms with Crippen molar-refractivity contribution in [1.29, 1.82) is 5.26 Å². The summed E-state index contributed by atoms with van der Waals surface area (Å²) in [5.41, 5.74) is 1.43. The number of hydrogen-bond donors (Lipinski definition) is 0. The van der Waals surface area contributed by atoms with Crippen LogP contribution in [0.15, 0.2) is 11.6 Å². The highest BCUT2D eigenvalue weighted by atomic mass is 14.4. The fourth-order valence-corrected chi connectivity index (χ4v) is 4.99. The van der Waals surface area contributed by atoms with E-state index in [0.29, 0.717) is 0 Å². The minimum atomic E-state index is -0.0870. The molecule has 0 aromatic rings. The van der Waals surface area contributed by atoms with E-state index < -0.39 is 0 Å². The van der Waals surface area contributed by atoms with E-state index in [-0.39, 0.29) is 5.41 Å². The van der Waals surface area contributed by atoms with E-state index >= 15 is 0 Å². The first kappa shape index (κ1) is 19.6. The molecule has 2 aliphatic carbocycles. The van der Waals surface area contributed by atoms with Crippen LogP contribution in [0.2, 0.25) is 0 Å². The summed E-state index contributed by atoms with van der Waals surface area (Å²) < 4.78 is 0. The maximum absolute atomic E-state index is 9.91. The predicted octanol–water partition coefficient (Wildman–Crippen LogP) is 7.57. The minimum Gasteiger partial charge on any atom is -0.197 e. The average molecular weight is 330 g/mol. The zero-order valence-electron chi connectivity index (χ0n) is 16.3. The van der Waals surface area contributed by atoms with Gasteiger partial charge in [-0.2, -0.15) is 5.26 Å². The third-order valence-corrected chi connectivity index (χ3v) is 6.72. The van der Waals surface area contributed by atoms with E-state index in [0.717, 1.165) is 24.7 Å². The molecule has 0 aromatic carbocycles. The lowest BCUT2D eigenvalue weighted by Gasteiger charge is -2.39. The first-order chi connectivity index (χ1) is 11.7. The lowest BCUT2D eigenvalue weighted by Crippen LogP contribution is -2.29. The monoisotopic (exact) mass is 329 g/mol. The molecule has 0 spiro atoms. The molecule has 0 amide bonds. The zero-order valence-corrected chi connectivity index (χ0v) is 16.3. The molecule has 2 rings (SSSR count). The van der Waals surface area contributed by atoms with Gasteiger partial charge in [0.05, 0.1) is 11.5 Å². The Kier molecular flexibility index (Phi) is 8.37. The molecule has 0 aliphatic heterocycles. The van der Waals surface area contributed by atoms with Gasteiger partial charge in [-0.3, -0.25) is 0 Å². The van der Waals surface area contributed by atoms with Crippen molar-refractivity contribution in [2.45, 2.75) is 110 Å². The van der Waals surface area contributed by atoms with Crippen LogP contribution in [0.3, 0.4) is 0 Å². The number of allylic oxidation sites excluding steroid dienone is 2. The highest BCUT2D eigenvalue weighted by Crippen LogP contribution is 2.48. The largest absolute Gasteiger partial charge is 0.197 e. The normalized spacial score (nSPS) is 30.6. The van der Waals surface area contributed by atoms with Gasteiger partial charge in [-0.25, -0.2) is 0 Å². The second-order valence-electron chi connectivity index (χ2n) is 8.50. The van der Waals surface area contributed by atoms with Gasteiger partial charge in [0.2, 0.25) is 0 Å². The summed E-state index contributed by atoms with van der Waals surface area (Å²) in [6.45, 7) is 4.58. The molecule has 2 aliphatic rings. The van der Waals surface area contributed by atoms with Gasteiger partial charge < -0.3 is 0 Å². The molecule has 1 unspecified atom stereocenters. The Labute approximate surface area is 150 Å². The van der Waals surface area contributed by atoms with E-state index in [1.807, 2.05) is 0 Å². The van der Waals surface area contributed by atoms with Gasteiger partial charge >= 0.3 is 0 Å². The van der Waals surface area contributed by atoms with Crippen molar-refractivity contribution in [1.82, 2.24) is 0 Å². The van der Waals surface area contributed by atoms with Crippen molar-refractivity contribution < 1.29 is 0 Å². The molecule has 1 fully saturated rings. The minimum absolute atomic E-state index is 0.0870. The van der Waals surface area contributed by atoms with Crippen molar-refractivity contribution in [2.24, 2.45) is 17.3 Å². The van der Waals surface area contributed by atoms with E-state index in [9.17, 15) is 5.26 Å². The van der Waals surface area contributed by atoms with Crippen LogP contribution in [0.1, 0.15) is 110 Å². The molecule has 0 aromatic heterocycles. The van der Waals surface area contributed by atoms with Crippen molar-refractivity contribution in [2.75, 3.05) is 0 Å². The maximum Gasteiger partial charge on any atom is 0.0782 e. The molecule has 0 radical (unpaired) electrons. The molecule has 1 nitrogen and oxygen atoms in total. The molecule has 1 atom stereocenters. The van der Waals surface area contributed by atoms with E-state index in [2.05, 4.69) is 26.0 Å². The molecule has 1 saturated carbocycles. The highest BCUT2D eigenvalue weighted by molar-refractivity contribution is 5.26. The first-order valence-electron chi connectivity index (χ1n) is 10.8. The van der Waals surface area contributed by atoms with Crippen molar-refractivity contribution in [3.63, 3.8) is 0 Å². The topological polar surface area (TPSA) is 23.8 Å². The molecule has 0 saturated heterocycles. The molecule has 1 heteroatoms. The Bertz CT molecular complexity index is 420. The van der Waals surface area contributed by atoms with Gasteiger partial charge in [0.1, 0.15) is 0 Å². The Balaban J connectivity index is 1.79. The Hall–Kier alpha value is -0.770. The van der Waals surface area contributed by atoms with Crippen LogP contribution in [-0.4, -0.2) is 0 Å². The van der Waals surface area contributed by atoms with Crippen LogP contribution < -0.4 is 0 Å². The molecule has 0 heterocycles. The number of nitriles is 1. The quantitative estimate of drug-likeness (QED) is 0.316. The Morgan fingerprint density at radius 1 is 0.958 bits per heavy atom. The number of nitrogens with zero attached hydrogens (tertiary/aromatic N) is 1. The molecule has 0 N–H and O–H groups in total. The fourth-order valence-electron chi connectivity index (χ4n) is 4.99. The molecule has 136 valence electrons. The Morgan fingerprint density at radius 2 is 1.71 bits per heavy atom. The van der Waals surface area contributed by atoms with E-state index in [4.69, 9.17) is 0 Å². The van der Waals surface area contributed by atoms with Crippen LogP contribution in [0.5, 0.6) is 0 Å². The maximum atomic E-state index is 9.91. The van der Waals surface area contributed by atoms with Gasteiger partial charge in [0, 0.05) is 0 Å². The molecular weight excluding hydrogens is 290 g/mol. The number of unbranched alkanes of at least 4 members (excludes halogenated alkanes) is 4. The van der Waals surface area contributed by atoms with Gasteiger partial charge in [0.15, 0.2) is 0 Å². The van der Waals surface area contributed by atoms with Gasteiger partial charge in [-0.1, -0.05) is 76.9 Å². The smallest absolute Gasteiger partial charge is 0.0782 e. The van der Waals surface area contributed by atoms with E-state index in [1.165, 1.54) is 89.0 Å². The summed E-state index contributed by atoms with van der Waals surface area (Å²) in [6, 6.07) is 2.76. The van der Waals surface area contributed by atoms with Crippen molar-refractivity contribution >= 4 is 0 Å². The molecule has 0 bridgehead atoms. The van der Waals surface area contributed by atoms with Gasteiger partial charge in [-0.15, -0.1) is 0 Å². The summed E-state index contributed by atoms with van der Waals surface area (Å²) >= 11 is 0. The van der Waals surface area contributed by atoms with Crippen LogP contribution in [-0.2, 0) is 0 Å². The van der Waals surface area contributed by atoms with Crippen LogP contribution >= 0.6 is 0 Å². The fraction of sp³-hybridized carbons (Fsp3) is 0.870. The summed E-state index contributed by atoms with van der Waals surface area (Å²) in [6.07, 6.45) is 22.1. The van der Waals surface area contributed by atoms with Crippen LogP contribution in [0.25, 0.3) is 0 Å². The van der Waals surface area contributed by atoms with E-state index in [1.54, 1.807) is 0 Å². The second-order valence-corrected chi connectivity index (χ2v) is 8.50. The Morgan fingerprint density at radius 3 is 2.29 bits per heavy atom. The zero-order chi connectivity index (χ0) is 17.3. The van der Waals surface area contributed by atoms with Gasteiger partial charge in [0.25, 0.3) is 0 Å². The average Bonchev–Trinajstić information content (AvgIpc) is 2.63. The summed E-state index contributed by atoms with van der Waals surface area (Å²) in [5.74, 6) is 1.78. The summed E-state index contributed by atoms with van der Waals surface area (Å²) in [4.78, 5) is 0. The third-order valence-electron chi connectivity index (χ3n) is 6.72. The van der Waals surface area contributed by atoms with Crippen LogP contribution in [0.4, 0.5) is 0 Å². The lowest BCUT2D eigenvalue weighted by atomic mass is 9.64. The predicted molar refractivity (Wildman–Crippen MR) is 104 cm³/mol. The summed E-state index contributed by atoms with van der Waals surface area (Å²) in [7, 11) is 0. The third kappa shape index (κ3) is 5.37. The standard InChI is InChI=1S/C23H39N/c1-3-5-6-7-8-10-21-11-13-22(14-12-21)23(19-24)17-15-20(9-4-2)16-18-23/h13,20-21H,3-12,14-18H2,1-2H3. The highest BCUT2D eigenvalue weighted by Gasteiger charge is 2.39. The number of hydrogen-bond acceptors (Lipinski definition) is 1. The van der Waals surface area contributed by atoms with Crippen LogP contribution in [0, 0.1) is 28.6 Å². The SMILES string of the molecule is CCCCCCCC1CC=C(C2(C#N)CCC(CCC)CC2)CC1. The second kappa shape index (κ2) is 10.3. The first-order valence-corrected chi connectivity index (χ1v) is 10.8. The van der Waals surface area contributed by atoms with Crippen molar-refractivity contribution in [3.8, 4) is 6.07 Å². The van der Waals surface area contributed by atoms with Gasteiger partial charge in [-0.05, 0) is 56.8 Å². The summed E-state index contributed by atoms with van der Waals surface area (Å²) in [5, 5.41) is 9.91. The molecule has 24 heavy (non-hydrogen) atoms. The number of rotatable bonds is 9. The molecular formula is C23H39N.